The molecule has 2 rings (SSSR count). The third-order valence-electron chi connectivity index (χ3n) is 2.62. The number of nitrogens with one attached hydrogen (secondary N) is 1. The van der Waals surface area contributed by atoms with Crippen molar-refractivity contribution < 1.29 is 9.18 Å². The molecule has 18 heavy (non-hydrogen) atoms. The third kappa shape index (κ3) is 2.74. The lowest BCUT2D eigenvalue weighted by molar-refractivity contribution is -0.114. The molecule has 0 spiro atoms. The number of aryl methyl sites for hydroxylation is 1. The number of amides is 1. The zero-order valence-corrected chi connectivity index (χ0v) is 10.3. The normalized spacial score (nSPS) is 10.2. The molecule has 0 saturated carbocycles. The van der Waals surface area contributed by atoms with Gasteiger partial charge >= 0.3 is 0 Å². The van der Waals surface area contributed by atoms with Crippen molar-refractivity contribution in [1.82, 2.24) is 0 Å². The first-order chi connectivity index (χ1) is 8.56. The van der Waals surface area contributed by atoms with E-state index in [0.717, 1.165) is 16.7 Å². The van der Waals surface area contributed by atoms with Crippen molar-refractivity contribution in [2.45, 2.75) is 13.8 Å². The summed E-state index contributed by atoms with van der Waals surface area (Å²) in [6.45, 7) is 3.40. The second-order valence-corrected chi connectivity index (χ2v) is 4.24. The van der Waals surface area contributed by atoms with Gasteiger partial charge in [-0.25, -0.2) is 4.39 Å². The van der Waals surface area contributed by atoms with Gasteiger partial charge in [0, 0.05) is 18.2 Å². The fourth-order valence-electron chi connectivity index (χ4n) is 1.86. The second kappa shape index (κ2) is 5.00. The van der Waals surface area contributed by atoms with E-state index in [2.05, 4.69) is 5.32 Å². The summed E-state index contributed by atoms with van der Waals surface area (Å²) in [6, 6.07) is 12.0. The Morgan fingerprint density at radius 1 is 1.17 bits per heavy atom. The molecular formula is C15H14FNO. The first-order valence-electron chi connectivity index (χ1n) is 5.70. The molecular weight excluding hydrogens is 229 g/mol. The standard InChI is InChI=1S/C15H14FNO/c1-10-6-7-14(15(8-10)17-11(2)18)12-4-3-5-13(16)9-12/h3-9H,1-2H3,(H,17,18). The Bertz CT molecular complexity index is 593. The molecule has 3 heteroatoms. The molecule has 1 amide bonds. The molecule has 1 N–H and O–H groups in total. The summed E-state index contributed by atoms with van der Waals surface area (Å²) < 4.78 is 13.2. The molecule has 0 bridgehead atoms. The number of hydrogen-bond donors (Lipinski definition) is 1. The molecule has 92 valence electrons. The Balaban J connectivity index is 2.52. The molecule has 0 atom stereocenters. The number of anilines is 1. The maximum Gasteiger partial charge on any atom is 0.221 e. The molecule has 0 heterocycles. The molecule has 0 fully saturated rings. The number of rotatable bonds is 2. The minimum absolute atomic E-state index is 0.141. The summed E-state index contributed by atoms with van der Waals surface area (Å²) in [5, 5.41) is 2.77. The maximum absolute atomic E-state index is 13.2. The molecule has 2 aromatic carbocycles. The van der Waals surface area contributed by atoms with Gasteiger partial charge in [0.1, 0.15) is 5.82 Å². The fourth-order valence-corrected chi connectivity index (χ4v) is 1.86. The first kappa shape index (κ1) is 12.3. The average molecular weight is 243 g/mol. The third-order valence-corrected chi connectivity index (χ3v) is 2.62. The van der Waals surface area contributed by atoms with Crippen LogP contribution in [0.15, 0.2) is 42.5 Å². The summed E-state index contributed by atoms with van der Waals surface area (Å²) in [5.41, 5.74) is 3.31. The smallest absolute Gasteiger partial charge is 0.221 e. The van der Waals surface area contributed by atoms with Gasteiger partial charge in [0.2, 0.25) is 5.91 Å². The predicted octanol–water partition coefficient (Wildman–Crippen LogP) is 3.76. The Morgan fingerprint density at radius 2 is 1.94 bits per heavy atom. The van der Waals surface area contributed by atoms with E-state index < -0.39 is 0 Å². The number of carbonyl (C=O) groups is 1. The van der Waals surface area contributed by atoms with E-state index in [9.17, 15) is 9.18 Å². The van der Waals surface area contributed by atoms with Crippen molar-refractivity contribution in [3.05, 3.63) is 53.8 Å². The van der Waals surface area contributed by atoms with Gasteiger partial charge in [-0.2, -0.15) is 0 Å². The zero-order chi connectivity index (χ0) is 13.1. The van der Waals surface area contributed by atoms with Crippen LogP contribution in [-0.2, 0) is 4.79 Å². The molecule has 0 radical (unpaired) electrons. The monoisotopic (exact) mass is 243 g/mol. The van der Waals surface area contributed by atoms with Gasteiger partial charge in [0.05, 0.1) is 0 Å². The van der Waals surface area contributed by atoms with Crippen LogP contribution in [0.4, 0.5) is 10.1 Å². The van der Waals surface area contributed by atoms with E-state index in [0.29, 0.717) is 5.69 Å². The van der Waals surface area contributed by atoms with Crippen LogP contribution in [0.3, 0.4) is 0 Å². The van der Waals surface area contributed by atoms with E-state index in [1.165, 1.54) is 19.1 Å². The molecule has 0 unspecified atom stereocenters. The second-order valence-electron chi connectivity index (χ2n) is 4.24. The lowest BCUT2D eigenvalue weighted by Crippen LogP contribution is -2.07. The number of benzene rings is 2. The summed E-state index contributed by atoms with van der Waals surface area (Å²) >= 11 is 0. The highest BCUT2D eigenvalue weighted by Gasteiger charge is 2.07. The van der Waals surface area contributed by atoms with Crippen molar-refractivity contribution in [2.75, 3.05) is 5.32 Å². The van der Waals surface area contributed by atoms with Crippen molar-refractivity contribution in [3.63, 3.8) is 0 Å². The van der Waals surface area contributed by atoms with Crippen LogP contribution in [0.5, 0.6) is 0 Å². The highest BCUT2D eigenvalue weighted by atomic mass is 19.1. The topological polar surface area (TPSA) is 29.1 Å². The van der Waals surface area contributed by atoms with Crippen molar-refractivity contribution >= 4 is 11.6 Å². The summed E-state index contributed by atoms with van der Waals surface area (Å²) in [6.07, 6.45) is 0. The number of hydrogen-bond acceptors (Lipinski definition) is 1. The molecule has 0 saturated heterocycles. The van der Waals surface area contributed by atoms with Crippen LogP contribution in [0, 0.1) is 12.7 Å². The van der Waals surface area contributed by atoms with Crippen LogP contribution in [0.25, 0.3) is 11.1 Å². The van der Waals surface area contributed by atoms with E-state index in [1.54, 1.807) is 6.07 Å². The first-order valence-corrected chi connectivity index (χ1v) is 5.70. The summed E-state index contributed by atoms with van der Waals surface area (Å²) in [4.78, 5) is 11.2. The lowest BCUT2D eigenvalue weighted by Gasteiger charge is -2.11. The highest BCUT2D eigenvalue weighted by molar-refractivity contribution is 5.94. The molecule has 2 nitrogen and oxygen atoms in total. The lowest BCUT2D eigenvalue weighted by atomic mass is 10.0. The SMILES string of the molecule is CC(=O)Nc1cc(C)ccc1-c1cccc(F)c1. The minimum atomic E-state index is -0.290. The molecule has 2 aromatic rings. The van der Waals surface area contributed by atoms with Crippen LogP contribution < -0.4 is 5.32 Å². The van der Waals surface area contributed by atoms with Crippen molar-refractivity contribution in [3.8, 4) is 11.1 Å². The van der Waals surface area contributed by atoms with Crippen molar-refractivity contribution in [1.29, 1.82) is 0 Å². The number of halogens is 1. The minimum Gasteiger partial charge on any atom is -0.326 e. The quantitative estimate of drug-likeness (QED) is 0.854. The fraction of sp³-hybridized carbons (Fsp3) is 0.133. The average Bonchev–Trinajstić information content (AvgIpc) is 2.28. The van der Waals surface area contributed by atoms with Gasteiger partial charge in [-0.15, -0.1) is 0 Å². The van der Waals surface area contributed by atoms with Crippen LogP contribution in [0.2, 0.25) is 0 Å². The van der Waals surface area contributed by atoms with Gasteiger partial charge in [0.25, 0.3) is 0 Å². The summed E-state index contributed by atoms with van der Waals surface area (Å²) in [7, 11) is 0. The molecule has 0 aliphatic rings. The van der Waals surface area contributed by atoms with Crippen LogP contribution in [-0.4, -0.2) is 5.91 Å². The van der Waals surface area contributed by atoms with E-state index in [-0.39, 0.29) is 11.7 Å². The van der Waals surface area contributed by atoms with Crippen LogP contribution in [0.1, 0.15) is 12.5 Å². The van der Waals surface area contributed by atoms with E-state index >= 15 is 0 Å². The van der Waals surface area contributed by atoms with Crippen LogP contribution >= 0.6 is 0 Å². The molecule has 0 aliphatic carbocycles. The maximum atomic E-state index is 13.2. The Hall–Kier alpha value is -2.16. The summed E-state index contributed by atoms with van der Waals surface area (Å²) in [5.74, 6) is -0.430. The Morgan fingerprint density at radius 3 is 2.61 bits per heavy atom. The van der Waals surface area contributed by atoms with Gasteiger partial charge in [-0.3, -0.25) is 4.79 Å². The highest BCUT2D eigenvalue weighted by Crippen LogP contribution is 2.29. The Kier molecular flexibility index (Phi) is 3.42. The van der Waals surface area contributed by atoms with Crippen molar-refractivity contribution in [2.24, 2.45) is 0 Å². The van der Waals surface area contributed by atoms with E-state index in [4.69, 9.17) is 0 Å². The largest absolute Gasteiger partial charge is 0.326 e. The van der Waals surface area contributed by atoms with Gasteiger partial charge in [-0.1, -0.05) is 24.3 Å². The van der Waals surface area contributed by atoms with Gasteiger partial charge < -0.3 is 5.32 Å². The van der Waals surface area contributed by atoms with E-state index in [1.807, 2.05) is 31.2 Å². The predicted molar refractivity (Wildman–Crippen MR) is 70.9 cm³/mol. The van der Waals surface area contributed by atoms with Gasteiger partial charge in [-0.05, 0) is 36.2 Å². The molecule has 0 aromatic heterocycles. The zero-order valence-electron chi connectivity index (χ0n) is 10.3. The molecule has 0 aliphatic heterocycles. The Labute approximate surface area is 105 Å². The van der Waals surface area contributed by atoms with Gasteiger partial charge in [0.15, 0.2) is 0 Å². The number of carbonyl (C=O) groups excluding carboxylic acids is 1.